The van der Waals surface area contributed by atoms with Crippen LogP contribution >= 0.6 is 7.49 Å². The fraction of sp³-hybridized carbons (Fsp3) is 0. The topological polar surface area (TPSA) is 32.3 Å². The summed E-state index contributed by atoms with van der Waals surface area (Å²) in [5.41, 5.74) is 0. The maximum absolute atomic E-state index is 10.3. The van der Waals surface area contributed by atoms with Crippen molar-refractivity contribution < 1.29 is 9.63 Å². The van der Waals surface area contributed by atoms with Crippen molar-refractivity contribution in [1.29, 1.82) is 0 Å². The lowest BCUT2D eigenvalue weighted by Crippen LogP contribution is -2.34. The molecule has 0 unspecified atom stereocenters. The molecule has 0 spiro atoms. The molecule has 0 aromatic heterocycles. The molecule has 0 heterocycles. The summed E-state index contributed by atoms with van der Waals surface area (Å²) in [4.78, 5) is 0. The van der Waals surface area contributed by atoms with Crippen LogP contribution in [0.25, 0.3) is 0 Å². The van der Waals surface area contributed by atoms with Crippen molar-refractivity contribution in [3.05, 3.63) is 152 Å². The van der Waals surface area contributed by atoms with Crippen molar-refractivity contribution in [1.82, 2.24) is 0 Å². The Morgan fingerprint density at radius 2 is 0.697 bits per heavy atom. The third-order valence-corrected chi connectivity index (χ3v) is 8.65. The first-order valence-corrected chi connectivity index (χ1v) is 12.5. The van der Waals surface area contributed by atoms with Gasteiger partial charge < -0.3 is 9.63 Å². The van der Waals surface area contributed by atoms with Crippen molar-refractivity contribution in [3.8, 4) is 11.5 Å². The Kier molecular flexibility index (Phi) is 7.53. The third-order valence-electron chi connectivity index (χ3n) is 5.09. The maximum Gasteiger partial charge on any atom is 0.287 e. The Morgan fingerprint density at radius 3 is 1.00 bits per heavy atom. The second-order valence-electron chi connectivity index (χ2n) is 7.33. The lowest BCUT2D eigenvalue weighted by atomic mass is 10.3. The maximum atomic E-state index is 10.3. The van der Waals surface area contributed by atoms with E-state index >= 15 is 0 Å². The molecule has 0 aliphatic heterocycles. The minimum atomic E-state index is -2.28. The van der Waals surface area contributed by atoms with E-state index < -0.39 is 7.49 Å². The smallest absolute Gasteiger partial charge is 0.287 e. The average Bonchev–Trinajstić information content (AvgIpc) is 2.90. The highest BCUT2D eigenvalue weighted by Gasteiger charge is 2.49. The van der Waals surface area contributed by atoms with Crippen molar-refractivity contribution in [3.63, 3.8) is 0 Å². The Bertz CT molecular complexity index is 1120. The third kappa shape index (κ3) is 5.49. The largest absolute Gasteiger partial charge is 0.872 e. The van der Waals surface area contributed by atoms with Gasteiger partial charge >= 0.3 is 0 Å². The molecule has 0 saturated heterocycles. The highest BCUT2D eigenvalue weighted by Crippen LogP contribution is 2.55. The second-order valence-corrected chi connectivity index (χ2v) is 10.3. The van der Waals surface area contributed by atoms with Gasteiger partial charge in [0.25, 0.3) is 7.49 Å². The molecule has 0 N–H and O–H groups in total. The summed E-state index contributed by atoms with van der Waals surface area (Å²) in [7, 11) is -2.28. The molecule has 5 aromatic rings. The molecular formula is C30H25O2P. The highest BCUT2D eigenvalue weighted by atomic mass is 31.2. The molecule has 2 nitrogen and oxygen atoms in total. The molecule has 0 aliphatic carbocycles. The van der Waals surface area contributed by atoms with Crippen molar-refractivity contribution in [2.24, 2.45) is 0 Å². The standard InChI is InChI=1S/C24H20OP.C6H6O/c1-5-13-21(14-6-1)25-26(22-15-7-2-8-16-22,23-17-9-3-10-18-23)24-19-11-4-12-20-24;7-6-4-2-1-3-5-6/h1-20H;1-5,7H/q+1;/p-1. The minimum absolute atomic E-state index is 0.0718. The van der Waals surface area contributed by atoms with E-state index in [1.807, 2.05) is 36.4 Å². The summed E-state index contributed by atoms with van der Waals surface area (Å²) >= 11 is 0. The van der Waals surface area contributed by atoms with Crippen LogP contribution in [-0.4, -0.2) is 0 Å². The normalized spacial score (nSPS) is 10.5. The lowest BCUT2D eigenvalue weighted by molar-refractivity contribution is -0.268. The summed E-state index contributed by atoms with van der Waals surface area (Å²) in [6.07, 6.45) is 0. The first-order chi connectivity index (χ1) is 16.3. The van der Waals surface area contributed by atoms with Gasteiger partial charge in [-0.3, -0.25) is 0 Å². The van der Waals surface area contributed by atoms with Crippen LogP contribution in [-0.2, 0) is 0 Å². The van der Waals surface area contributed by atoms with Crippen molar-refractivity contribution >= 4 is 23.4 Å². The quantitative estimate of drug-likeness (QED) is 0.322. The highest BCUT2D eigenvalue weighted by molar-refractivity contribution is 7.92. The summed E-state index contributed by atoms with van der Waals surface area (Å²) < 4.78 is 6.87. The zero-order valence-corrected chi connectivity index (χ0v) is 19.1. The molecule has 0 aliphatic rings. The van der Waals surface area contributed by atoms with Crippen LogP contribution in [0, 0.1) is 0 Å². The van der Waals surface area contributed by atoms with E-state index in [9.17, 15) is 5.11 Å². The zero-order valence-electron chi connectivity index (χ0n) is 18.2. The zero-order chi connectivity index (χ0) is 22.8. The monoisotopic (exact) mass is 448 g/mol. The van der Waals surface area contributed by atoms with E-state index in [1.54, 1.807) is 12.1 Å². The van der Waals surface area contributed by atoms with E-state index in [2.05, 4.69) is 91.0 Å². The molecule has 0 amide bonds. The Balaban J connectivity index is 0.000000318. The van der Waals surface area contributed by atoms with E-state index in [0.29, 0.717) is 0 Å². The molecule has 162 valence electrons. The van der Waals surface area contributed by atoms with E-state index in [1.165, 1.54) is 28.0 Å². The van der Waals surface area contributed by atoms with Gasteiger partial charge in [-0.25, -0.2) is 0 Å². The number of para-hydroxylation sites is 2. The summed E-state index contributed by atoms with van der Waals surface area (Å²) in [6.45, 7) is 0. The van der Waals surface area contributed by atoms with Gasteiger partial charge in [-0.2, -0.15) is 0 Å². The Hall–Kier alpha value is -3.87. The van der Waals surface area contributed by atoms with Gasteiger partial charge in [0.2, 0.25) is 0 Å². The fourth-order valence-corrected chi connectivity index (χ4v) is 7.00. The van der Waals surface area contributed by atoms with Gasteiger partial charge in [-0.05, 0) is 48.5 Å². The van der Waals surface area contributed by atoms with Crippen LogP contribution in [0.2, 0.25) is 0 Å². The van der Waals surface area contributed by atoms with Gasteiger partial charge in [0.05, 0.1) is 0 Å². The number of benzene rings is 5. The Labute approximate surface area is 196 Å². The van der Waals surface area contributed by atoms with Gasteiger partial charge in [-0.15, -0.1) is 5.75 Å². The summed E-state index contributed by atoms with van der Waals surface area (Å²) in [5, 5.41) is 13.9. The molecule has 33 heavy (non-hydrogen) atoms. The molecule has 0 fully saturated rings. The lowest BCUT2D eigenvalue weighted by Gasteiger charge is -2.26. The molecule has 3 heteroatoms. The van der Waals surface area contributed by atoms with Gasteiger partial charge in [0.1, 0.15) is 15.9 Å². The molecule has 5 rings (SSSR count). The van der Waals surface area contributed by atoms with Crippen LogP contribution in [0.1, 0.15) is 0 Å². The molecule has 0 saturated carbocycles. The number of hydrogen-bond donors (Lipinski definition) is 0. The number of rotatable bonds is 5. The van der Waals surface area contributed by atoms with Gasteiger partial charge in [0.15, 0.2) is 5.75 Å². The first-order valence-electron chi connectivity index (χ1n) is 10.8. The van der Waals surface area contributed by atoms with E-state index in [4.69, 9.17) is 4.52 Å². The van der Waals surface area contributed by atoms with E-state index in [-0.39, 0.29) is 5.75 Å². The van der Waals surface area contributed by atoms with Crippen LogP contribution in [0.15, 0.2) is 152 Å². The van der Waals surface area contributed by atoms with Crippen LogP contribution in [0.4, 0.5) is 0 Å². The van der Waals surface area contributed by atoms with Crippen LogP contribution in [0.5, 0.6) is 11.5 Å². The van der Waals surface area contributed by atoms with Gasteiger partial charge in [-0.1, -0.05) is 103 Å². The first kappa shape index (κ1) is 22.3. The summed E-state index contributed by atoms with van der Waals surface area (Å²) in [6, 6.07) is 50.2. The predicted octanol–water partition coefficient (Wildman–Crippen LogP) is 5.73. The minimum Gasteiger partial charge on any atom is -0.872 e. The Morgan fingerprint density at radius 1 is 0.394 bits per heavy atom. The molecule has 0 bridgehead atoms. The molecule has 0 radical (unpaired) electrons. The van der Waals surface area contributed by atoms with Crippen molar-refractivity contribution in [2.45, 2.75) is 0 Å². The SMILES string of the molecule is [O-]c1ccccc1.c1ccc(O[P+](c2ccccc2)(c2ccccc2)c2ccccc2)cc1. The number of hydrogen-bond acceptors (Lipinski definition) is 2. The summed E-state index contributed by atoms with van der Waals surface area (Å²) in [5.74, 6) is 0.958. The van der Waals surface area contributed by atoms with Crippen LogP contribution < -0.4 is 25.5 Å². The second kappa shape index (κ2) is 11.1. The average molecular weight is 449 g/mol. The van der Waals surface area contributed by atoms with Gasteiger partial charge in [0, 0.05) is 0 Å². The van der Waals surface area contributed by atoms with E-state index in [0.717, 1.165) is 5.75 Å². The van der Waals surface area contributed by atoms with Crippen LogP contribution in [0.3, 0.4) is 0 Å². The predicted molar refractivity (Wildman–Crippen MR) is 138 cm³/mol. The molecule has 0 atom stereocenters. The molecule has 5 aromatic carbocycles. The fourth-order valence-electron chi connectivity index (χ4n) is 3.58. The molecular weight excluding hydrogens is 423 g/mol. The van der Waals surface area contributed by atoms with Crippen molar-refractivity contribution in [2.75, 3.05) is 0 Å².